The Morgan fingerprint density at radius 3 is 1.18 bits per heavy atom. The zero-order valence-corrected chi connectivity index (χ0v) is 10.0. The van der Waals surface area contributed by atoms with Crippen LogP contribution in [0.3, 0.4) is 0 Å². The molecule has 0 radical (unpaired) electrons. The van der Waals surface area contributed by atoms with Crippen molar-refractivity contribution in [2.75, 3.05) is 51.3 Å². The molecule has 2 heterocycles. The second-order valence-electron chi connectivity index (χ2n) is 6.00. The van der Waals surface area contributed by atoms with Crippen LogP contribution in [0.4, 0.5) is 0 Å². The molecule has 0 atom stereocenters. The van der Waals surface area contributed by atoms with Gasteiger partial charge in [0.1, 0.15) is 5.41 Å². The van der Waals surface area contributed by atoms with Crippen molar-refractivity contribution in [3.63, 3.8) is 0 Å². The van der Waals surface area contributed by atoms with Crippen LogP contribution in [0, 0.1) is 5.41 Å². The van der Waals surface area contributed by atoms with Gasteiger partial charge in [0.15, 0.2) is 0 Å². The van der Waals surface area contributed by atoms with Gasteiger partial charge in [-0.1, -0.05) is 0 Å². The fraction of sp³-hybridized carbons (Fsp3) is 1.00. The third kappa shape index (κ3) is 1.38. The highest BCUT2D eigenvalue weighted by atomic mass is 31.2. The molecule has 0 aliphatic carbocycles. The van der Waals surface area contributed by atoms with Crippen molar-refractivity contribution >= 4 is 14.5 Å². The van der Waals surface area contributed by atoms with Crippen molar-refractivity contribution < 1.29 is 0 Å². The van der Waals surface area contributed by atoms with Crippen molar-refractivity contribution in [3.05, 3.63) is 0 Å². The van der Waals surface area contributed by atoms with Gasteiger partial charge in [0, 0.05) is 41.2 Å². The standard InChI is InChI=1S/C9H20P2/c1-10(2)5-9(6-10)7-11(3,4)8-9/h5-8H2,1-4H3/q+2. The van der Waals surface area contributed by atoms with Crippen molar-refractivity contribution in [1.82, 2.24) is 0 Å². The quantitative estimate of drug-likeness (QED) is 0.515. The van der Waals surface area contributed by atoms with Crippen LogP contribution in [0.5, 0.6) is 0 Å². The molecular formula is C9H20P2+2. The van der Waals surface area contributed by atoms with Crippen LogP contribution in [-0.4, -0.2) is 51.3 Å². The fourth-order valence-corrected chi connectivity index (χ4v) is 12.4. The molecule has 0 aromatic rings. The lowest BCUT2D eigenvalue weighted by Gasteiger charge is -2.55. The van der Waals surface area contributed by atoms with Crippen molar-refractivity contribution in [2.24, 2.45) is 5.41 Å². The summed E-state index contributed by atoms with van der Waals surface area (Å²) in [4.78, 5) is 0. The second kappa shape index (κ2) is 2.02. The average molecular weight is 190 g/mol. The van der Waals surface area contributed by atoms with E-state index < -0.39 is 0 Å². The maximum absolute atomic E-state index is 2.53. The summed E-state index contributed by atoms with van der Waals surface area (Å²) >= 11 is 0. The molecule has 2 heteroatoms. The highest BCUT2D eigenvalue weighted by Gasteiger charge is 2.68. The summed E-state index contributed by atoms with van der Waals surface area (Å²) in [6, 6.07) is 0. The Morgan fingerprint density at radius 2 is 1.00 bits per heavy atom. The van der Waals surface area contributed by atoms with Gasteiger partial charge in [0.05, 0.1) is 24.6 Å². The van der Waals surface area contributed by atoms with Gasteiger partial charge < -0.3 is 0 Å². The Kier molecular flexibility index (Phi) is 1.55. The maximum atomic E-state index is 2.53. The first kappa shape index (κ1) is 8.46. The summed E-state index contributed by atoms with van der Waals surface area (Å²) < 4.78 is 0. The van der Waals surface area contributed by atoms with Crippen molar-refractivity contribution in [3.8, 4) is 0 Å². The van der Waals surface area contributed by atoms with E-state index in [1.807, 2.05) is 0 Å². The molecule has 0 amide bonds. The van der Waals surface area contributed by atoms with Gasteiger partial charge in [0.25, 0.3) is 0 Å². The Morgan fingerprint density at radius 1 is 0.727 bits per heavy atom. The summed E-state index contributed by atoms with van der Waals surface area (Å²) in [5.74, 6) is 0. The minimum Gasteiger partial charge on any atom is 0.0103 e. The van der Waals surface area contributed by atoms with Crippen LogP contribution < -0.4 is 0 Å². The summed E-state index contributed by atoms with van der Waals surface area (Å²) in [5.41, 5.74) is 0.911. The average Bonchev–Trinajstić information content (AvgIpc) is 1.52. The van der Waals surface area contributed by atoms with E-state index >= 15 is 0 Å². The molecule has 0 aromatic heterocycles. The van der Waals surface area contributed by atoms with Gasteiger partial charge in [-0.25, -0.2) is 0 Å². The SMILES string of the molecule is C[P+]1(C)CC2(C1)C[P+](C)(C)C2. The lowest BCUT2D eigenvalue weighted by atomic mass is 9.96. The largest absolute Gasteiger partial charge is 0.104 e. The van der Waals surface area contributed by atoms with Crippen LogP contribution in [0.25, 0.3) is 0 Å². The summed E-state index contributed by atoms with van der Waals surface area (Å²) in [5, 5.41) is 0. The molecule has 2 fully saturated rings. The summed E-state index contributed by atoms with van der Waals surface area (Å²) in [6.07, 6.45) is 6.51. The Bertz CT molecular complexity index is 152. The highest BCUT2D eigenvalue weighted by molar-refractivity contribution is 7.79. The normalized spacial score (nSPS) is 36.0. The molecule has 2 aliphatic heterocycles. The van der Waals surface area contributed by atoms with Crippen molar-refractivity contribution in [1.29, 1.82) is 0 Å². The lowest BCUT2D eigenvalue weighted by Crippen LogP contribution is -2.55. The molecule has 0 saturated carbocycles. The van der Waals surface area contributed by atoms with E-state index in [9.17, 15) is 0 Å². The molecule has 0 N–H and O–H groups in total. The molecule has 1 spiro atoms. The molecule has 2 rings (SSSR count). The van der Waals surface area contributed by atoms with Gasteiger partial charge in [-0.05, 0) is 0 Å². The van der Waals surface area contributed by atoms with Gasteiger partial charge in [-0.15, -0.1) is 0 Å². The second-order valence-corrected chi connectivity index (χ2v) is 15.0. The zero-order valence-electron chi connectivity index (χ0n) is 8.22. The molecule has 0 nitrogen and oxygen atoms in total. The first-order valence-electron chi connectivity index (χ1n) is 4.47. The van der Waals surface area contributed by atoms with Gasteiger partial charge in [-0.2, -0.15) is 0 Å². The van der Waals surface area contributed by atoms with E-state index in [2.05, 4.69) is 26.7 Å². The van der Waals surface area contributed by atoms with Crippen LogP contribution in [0.15, 0.2) is 0 Å². The summed E-state index contributed by atoms with van der Waals surface area (Å²) in [6.45, 7) is 10.1. The molecule has 2 aliphatic rings. The first-order chi connectivity index (χ1) is 4.83. The topological polar surface area (TPSA) is 0 Å². The van der Waals surface area contributed by atoms with E-state index in [1.165, 1.54) is 0 Å². The van der Waals surface area contributed by atoms with Crippen LogP contribution in [0.1, 0.15) is 0 Å². The monoisotopic (exact) mass is 190 g/mol. The van der Waals surface area contributed by atoms with Gasteiger partial charge in [-0.3, -0.25) is 0 Å². The van der Waals surface area contributed by atoms with Crippen LogP contribution in [0.2, 0.25) is 0 Å². The smallest absolute Gasteiger partial charge is 0.0103 e. The Hall–Kier alpha value is 0.860. The van der Waals surface area contributed by atoms with Crippen LogP contribution >= 0.6 is 14.5 Å². The number of hydrogen-bond acceptors (Lipinski definition) is 0. The predicted molar refractivity (Wildman–Crippen MR) is 59.4 cm³/mol. The number of rotatable bonds is 0. The van der Waals surface area contributed by atoms with E-state index in [4.69, 9.17) is 0 Å². The molecule has 0 aromatic carbocycles. The van der Waals surface area contributed by atoms with E-state index in [-0.39, 0.29) is 14.5 Å². The molecular weight excluding hydrogens is 170 g/mol. The third-order valence-corrected chi connectivity index (χ3v) is 9.16. The Balaban J connectivity index is 1.93. The zero-order chi connectivity index (χ0) is 8.33. The third-order valence-electron chi connectivity index (χ3n) is 3.05. The minimum atomic E-state index is -0.341. The number of hydrogen-bond donors (Lipinski definition) is 0. The maximum Gasteiger partial charge on any atom is 0.104 e. The molecule has 11 heavy (non-hydrogen) atoms. The Labute approximate surface area is 71.8 Å². The van der Waals surface area contributed by atoms with Crippen LogP contribution in [-0.2, 0) is 0 Å². The molecule has 64 valence electrons. The minimum absolute atomic E-state index is 0.341. The van der Waals surface area contributed by atoms with E-state index in [0.717, 1.165) is 5.41 Å². The molecule has 0 bridgehead atoms. The summed E-state index contributed by atoms with van der Waals surface area (Å²) in [7, 11) is -0.683. The lowest BCUT2D eigenvalue weighted by molar-refractivity contribution is 0.418. The van der Waals surface area contributed by atoms with Gasteiger partial charge >= 0.3 is 0 Å². The molecule has 2 saturated heterocycles. The predicted octanol–water partition coefficient (Wildman–Crippen LogP) is 2.55. The molecule has 0 unspecified atom stereocenters. The van der Waals surface area contributed by atoms with Gasteiger partial charge in [0.2, 0.25) is 0 Å². The first-order valence-corrected chi connectivity index (χ1v) is 10.6. The highest BCUT2D eigenvalue weighted by Crippen LogP contribution is 2.80. The van der Waals surface area contributed by atoms with E-state index in [1.54, 1.807) is 24.6 Å². The van der Waals surface area contributed by atoms with Crippen molar-refractivity contribution in [2.45, 2.75) is 0 Å². The fourth-order valence-electron chi connectivity index (χ4n) is 3.74. The van der Waals surface area contributed by atoms with E-state index in [0.29, 0.717) is 0 Å².